The number of hydrogen-bond donors (Lipinski definition) is 1. The Bertz CT molecular complexity index is 670. The average Bonchev–Trinajstić information content (AvgIpc) is 2.26. The molecule has 1 unspecified atom stereocenters. The molecule has 0 heterocycles. The molecular weight excluding hydrogens is 276 g/mol. The average molecular weight is 288 g/mol. The molecule has 0 aliphatic carbocycles. The molecule has 0 saturated carbocycles. The van der Waals surface area contributed by atoms with Crippen LogP contribution in [0.2, 0.25) is 0 Å². The number of sulfonamides is 1. The Morgan fingerprint density at radius 3 is 2.06 bits per heavy atom. The third-order valence-corrected chi connectivity index (χ3v) is 4.87. The van der Waals surface area contributed by atoms with Gasteiger partial charge in [0.1, 0.15) is 0 Å². The Kier molecular flexibility index (Phi) is 3.98. The van der Waals surface area contributed by atoms with Crippen LogP contribution in [0.25, 0.3) is 0 Å². The Balaban J connectivity index is 3.00. The van der Waals surface area contributed by atoms with Crippen LogP contribution in [-0.4, -0.2) is 28.3 Å². The molecule has 0 radical (unpaired) electrons. The first-order valence-corrected chi connectivity index (χ1v) is 8.32. The lowest BCUT2D eigenvalue weighted by Gasteiger charge is -2.09. The highest BCUT2D eigenvalue weighted by Crippen LogP contribution is 2.16. The van der Waals surface area contributed by atoms with Crippen molar-refractivity contribution >= 4 is 25.5 Å². The van der Waals surface area contributed by atoms with Gasteiger partial charge in [-0.15, -0.1) is 0 Å². The molecule has 1 aromatic carbocycles. The molecule has 0 fully saturated rings. The Morgan fingerprint density at radius 1 is 1.17 bits per heavy atom. The second-order valence-corrected chi connectivity index (χ2v) is 7.73. The van der Waals surface area contributed by atoms with Crippen molar-refractivity contribution < 1.29 is 16.8 Å². The standard InChI is InChI=1S/C10H12N2O4S2/c1-8(7-11)18(15,16)12-9-3-5-10(6-4-9)17(2,13)14/h3-6,8,12H,1-2H3. The molecule has 1 aromatic rings. The van der Waals surface area contributed by atoms with E-state index in [1.807, 2.05) is 0 Å². The molecule has 1 atom stereocenters. The lowest BCUT2D eigenvalue weighted by Crippen LogP contribution is -2.23. The zero-order valence-corrected chi connectivity index (χ0v) is 11.4. The first-order valence-electron chi connectivity index (χ1n) is 4.88. The van der Waals surface area contributed by atoms with Crippen LogP contribution < -0.4 is 4.72 Å². The second kappa shape index (κ2) is 4.96. The Morgan fingerprint density at radius 2 is 1.67 bits per heavy atom. The summed E-state index contributed by atoms with van der Waals surface area (Å²) in [7, 11) is -7.09. The maximum Gasteiger partial charge on any atom is 0.248 e. The number of rotatable bonds is 4. The molecule has 18 heavy (non-hydrogen) atoms. The minimum atomic E-state index is -3.77. The zero-order chi connectivity index (χ0) is 14.0. The van der Waals surface area contributed by atoms with Gasteiger partial charge in [0.25, 0.3) is 0 Å². The molecule has 0 aromatic heterocycles. The molecule has 0 amide bonds. The number of nitrogens with one attached hydrogen (secondary N) is 1. The summed E-state index contributed by atoms with van der Waals surface area (Å²) in [5, 5.41) is 7.36. The highest BCUT2D eigenvalue weighted by Gasteiger charge is 2.20. The monoisotopic (exact) mass is 288 g/mol. The molecular formula is C10H12N2O4S2. The van der Waals surface area contributed by atoms with Crippen LogP contribution in [0, 0.1) is 11.3 Å². The van der Waals surface area contributed by atoms with Crippen LogP contribution in [0.5, 0.6) is 0 Å². The van der Waals surface area contributed by atoms with E-state index < -0.39 is 25.1 Å². The quantitative estimate of drug-likeness (QED) is 0.880. The van der Waals surface area contributed by atoms with E-state index in [0.29, 0.717) is 0 Å². The largest absolute Gasteiger partial charge is 0.282 e. The van der Waals surface area contributed by atoms with Gasteiger partial charge in [-0.2, -0.15) is 5.26 Å². The lowest BCUT2D eigenvalue weighted by atomic mass is 10.3. The number of anilines is 1. The molecule has 0 bridgehead atoms. The summed E-state index contributed by atoms with van der Waals surface area (Å²) >= 11 is 0. The summed E-state index contributed by atoms with van der Waals surface area (Å²) in [6, 6.07) is 6.87. The maximum atomic E-state index is 11.6. The van der Waals surface area contributed by atoms with Gasteiger partial charge in [0.05, 0.1) is 11.0 Å². The van der Waals surface area contributed by atoms with E-state index in [4.69, 9.17) is 5.26 Å². The fraction of sp³-hybridized carbons (Fsp3) is 0.300. The van der Waals surface area contributed by atoms with Gasteiger partial charge in [0, 0.05) is 11.9 Å². The van der Waals surface area contributed by atoms with Crippen LogP contribution in [0.3, 0.4) is 0 Å². The van der Waals surface area contributed by atoms with Crippen molar-refractivity contribution in [2.75, 3.05) is 11.0 Å². The molecule has 0 saturated heterocycles. The van der Waals surface area contributed by atoms with Crippen LogP contribution in [0.15, 0.2) is 29.2 Å². The van der Waals surface area contributed by atoms with Crippen molar-refractivity contribution in [2.24, 2.45) is 0 Å². The topological polar surface area (TPSA) is 104 Å². The fourth-order valence-corrected chi connectivity index (χ4v) is 2.50. The summed E-state index contributed by atoms with van der Waals surface area (Å²) in [5.41, 5.74) is 0.213. The SMILES string of the molecule is CC(C#N)S(=O)(=O)Nc1ccc(S(C)(=O)=O)cc1. The highest BCUT2D eigenvalue weighted by atomic mass is 32.2. The van der Waals surface area contributed by atoms with Crippen LogP contribution in [0.4, 0.5) is 5.69 Å². The lowest BCUT2D eigenvalue weighted by molar-refractivity contribution is 0.597. The van der Waals surface area contributed by atoms with E-state index in [1.54, 1.807) is 6.07 Å². The van der Waals surface area contributed by atoms with Gasteiger partial charge in [-0.3, -0.25) is 4.72 Å². The Hall–Kier alpha value is -1.59. The Labute approximate surface area is 106 Å². The summed E-state index contributed by atoms with van der Waals surface area (Å²) in [4.78, 5) is 0.0961. The minimum Gasteiger partial charge on any atom is -0.282 e. The number of hydrogen-bond acceptors (Lipinski definition) is 5. The zero-order valence-electron chi connectivity index (χ0n) is 9.78. The molecule has 0 aliphatic heterocycles. The van der Waals surface area contributed by atoms with E-state index in [1.165, 1.54) is 31.2 Å². The maximum absolute atomic E-state index is 11.6. The second-order valence-electron chi connectivity index (χ2n) is 3.71. The van der Waals surface area contributed by atoms with Crippen LogP contribution in [-0.2, 0) is 19.9 Å². The summed E-state index contributed by atoms with van der Waals surface area (Å²) in [6.07, 6.45) is 1.06. The van der Waals surface area contributed by atoms with Gasteiger partial charge in [0.15, 0.2) is 15.1 Å². The summed E-state index contributed by atoms with van der Waals surface area (Å²) in [6.45, 7) is 1.26. The predicted molar refractivity (Wildman–Crippen MR) is 67.2 cm³/mol. The van der Waals surface area contributed by atoms with E-state index >= 15 is 0 Å². The number of nitriles is 1. The van der Waals surface area contributed by atoms with Gasteiger partial charge in [-0.1, -0.05) is 0 Å². The third-order valence-electron chi connectivity index (χ3n) is 2.19. The van der Waals surface area contributed by atoms with Crippen LogP contribution in [0.1, 0.15) is 6.92 Å². The smallest absolute Gasteiger partial charge is 0.248 e. The summed E-state index contributed by atoms with van der Waals surface area (Å²) in [5.74, 6) is 0. The fourth-order valence-electron chi connectivity index (χ4n) is 1.09. The highest BCUT2D eigenvalue weighted by molar-refractivity contribution is 7.93. The molecule has 8 heteroatoms. The first-order chi connectivity index (χ1) is 8.16. The normalized spacial score (nSPS) is 13.6. The van der Waals surface area contributed by atoms with E-state index in [9.17, 15) is 16.8 Å². The minimum absolute atomic E-state index is 0.0961. The van der Waals surface area contributed by atoms with E-state index in [-0.39, 0.29) is 10.6 Å². The number of sulfone groups is 1. The van der Waals surface area contributed by atoms with Crippen molar-refractivity contribution in [1.82, 2.24) is 0 Å². The van der Waals surface area contributed by atoms with Crippen LogP contribution >= 0.6 is 0 Å². The molecule has 0 spiro atoms. The molecule has 0 aliphatic rings. The van der Waals surface area contributed by atoms with Crippen molar-refractivity contribution in [3.05, 3.63) is 24.3 Å². The van der Waals surface area contributed by atoms with Crippen molar-refractivity contribution in [3.8, 4) is 6.07 Å². The van der Waals surface area contributed by atoms with Crippen molar-refractivity contribution in [1.29, 1.82) is 5.26 Å². The molecule has 1 rings (SSSR count). The number of benzene rings is 1. The molecule has 1 N–H and O–H groups in total. The number of nitrogens with zero attached hydrogens (tertiary/aromatic N) is 1. The molecule has 98 valence electrons. The van der Waals surface area contributed by atoms with Crippen molar-refractivity contribution in [3.63, 3.8) is 0 Å². The van der Waals surface area contributed by atoms with Gasteiger partial charge < -0.3 is 0 Å². The summed E-state index contributed by atoms with van der Waals surface area (Å²) < 4.78 is 47.7. The van der Waals surface area contributed by atoms with E-state index in [2.05, 4.69) is 4.72 Å². The van der Waals surface area contributed by atoms with Gasteiger partial charge in [-0.05, 0) is 31.2 Å². The van der Waals surface area contributed by atoms with Gasteiger partial charge >= 0.3 is 0 Å². The van der Waals surface area contributed by atoms with Crippen molar-refractivity contribution in [2.45, 2.75) is 17.1 Å². The van der Waals surface area contributed by atoms with Gasteiger partial charge in [0.2, 0.25) is 10.0 Å². The first kappa shape index (κ1) is 14.5. The van der Waals surface area contributed by atoms with Gasteiger partial charge in [-0.25, -0.2) is 16.8 Å². The molecule has 6 nitrogen and oxygen atoms in total. The van der Waals surface area contributed by atoms with E-state index in [0.717, 1.165) is 6.26 Å². The predicted octanol–water partition coefficient (Wildman–Crippen LogP) is 0.744. The third kappa shape index (κ3) is 3.45.